The molecule has 1 amide bonds. The van der Waals surface area contributed by atoms with Crippen molar-refractivity contribution in [2.24, 2.45) is 0 Å². The summed E-state index contributed by atoms with van der Waals surface area (Å²) in [7, 11) is -4.04. The number of carbonyl (C=O) groups excluding carboxylic acids is 1. The van der Waals surface area contributed by atoms with Gasteiger partial charge in [0.2, 0.25) is 11.7 Å². The second-order valence-corrected chi connectivity index (χ2v) is 6.76. The SMILES string of the molecule is O=C1Cc2cc(S(=O)(=O)Nc3ccc(F)c([N+](=O)[O-])c3)ccc2N1. The molecule has 0 saturated heterocycles. The third-order valence-electron chi connectivity index (χ3n) is 3.41. The number of anilines is 2. The summed E-state index contributed by atoms with van der Waals surface area (Å²) in [5, 5.41) is 13.3. The van der Waals surface area contributed by atoms with Crippen molar-refractivity contribution in [2.45, 2.75) is 11.3 Å². The molecule has 24 heavy (non-hydrogen) atoms. The number of nitro groups is 1. The van der Waals surface area contributed by atoms with E-state index in [2.05, 4.69) is 10.0 Å². The third-order valence-corrected chi connectivity index (χ3v) is 4.79. The van der Waals surface area contributed by atoms with Gasteiger partial charge in [-0.25, -0.2) is 8.42 Å². The van der Waals surface area contributed by atoms with Crippen LogP contribution in [0, 0.1) is 15.9 Å². The number of halogens is 1. The molecule has 8 nitrogen and oxygen atoms in total. The summed E-state index contributed by atoms with van der Waals surface area (Å²) in [6, 6.07) is 6.78. The Morgan fingerprint density at radius 1 is 1.21 bits per heavy atom. The van der Waals surface area contributed by atoms with Gasteiger partial charge in [0, 0.05) is 11.8 Å². The Labute approximate surface area is 135 Å². The minimum Gasteiger partial charge on any atom is -0.326 e. The van der Waals surface area contributed by atoms with Crippen molar-refractivity contribution >= 4 is 33.0 Å². The summed E-state index contributed by atoms with van der Waals surface area (Å²) < 4.78 is 40.2. The number of benzene rings is 2. The quantitative estimate of drug-likeness (QED) is 0.645. The second kappa shape index (κ2) is 5.57. The molecule has 0 saturated carbocycles. The molecule has 1 aliphatic rings. The Bertz CT molecular complexity index is 974. The van der Waals surface area contributed by atoms with E-state index in [4.69, 9.17) is 0 Å². The van der Waals surface area contributed by atoms with E-state index in [9.17, 15) is 27.7 Å². The van der Waals surface area contributed by atoms with Gasteiger partial charge in [-0.1, -0.05) is 0 Å². The topological polar surface area (TPSA) is 118 Å². The van der Waals surface area contributed by atoms with E-state index in [0.717, 1.165) is 18.2 Å². The number of hydrogen-bond acceptors (Lipinski definition) is 5. The fourth-order valence-electron chi connectivity index (χ4n) is 2.30. The minimum absolute atomic E-state index is 0.0702. The highest BCUT2D eigenvalue weighted by molar-refractivity contribution is 7.92. The van der Waals surface area contributed by atoms with Crippen molar-refractivity contribution in [3.63, 3.8) is 0 Å². The van der Waals surface area contributed by atoms with E-state index in [1.807, 2.05) is 0 Å². The van der Waals surface area contributed by atoms with E-state index < -0.39 is 26.5 Å². The second-order valence-electron chi connectivity index (χ2n) is 5.07. The number of nitrogens with one attached hydrogen (secondary N) is 2. The summed E-state index contributed by atoms with van der Waals surface area (Å²) in [5.74, 6) is -1.30. The van der Waals surface area contributed by atoms with E-state index in [-0.39, 0.29) is 22.9 Å². The van der Waals surface area contributed by atoms with Gasteiger partial charge < -0.3 is 5.32 Å². The van der Waals surface area contributed by atoms with Crippen LogP contribution < -0.4 is 10.0 Å². The van der Waals surface area contributed by atoms with E-state index in [0.29, 0.717) is 11.3 Å². The van der Waals surface area contributed by atoms with Crippen LogP contribution in [0.2, 0.25) is 0 Å². The zero-order chi connectivity index (χ0) is 17.5. The predicted molar refractivity (Wildman–Crippen MR) is 82.6 cm³/mol. The lowest BCUT2D eigenvalue weighted by Crippen LogP contribution is -2.13. The lowest BCUT2D eigenvalue weighted by atomic mass is 10.2. The van der Waals surface area contributed by atoms with Gasteiger partial charge in [0.05, 0.1) is 21.9 Å². The molecule has 0 radical (unpaired) electrons. The van der Waals surface area contributed by atoms with Crippen LogP contribution >= 0.6 is 0 Å². The Kier molecular flexibility index (Phi) is 3.68. The van der Waals surface area contributed by atoms with Crippen molar-refractivity contribution in [1.29, 1.82) is 0 Å². The maximum Gasteiger partial charge on any atom is 0.306 e. The molecule has 0 aliphatic carbocycles. The number of hydrogen-bond donors (Lipinski definition) is 2. The molecule has 0 atom stereocenters. The van der Waals surface area contributed by atoms with Crippen LogP contribution in [0.15, 0.2) is 41.3 Å². The molecule has 10 heteroatoms. The lowest BCUT2D eigenvalue weighted by Gasteiger charge is -2.09. The number of rotatable bonds is 4. The zero-order valence-electron chi connectivity index (χ0n) is 11.9. The smallest absolute Gasteiger partial charge is 0.306 e. The fourth-order valence-corrected chi connectivity index (χ4v) is 3.40. The van der Waals surface area contributed by atoms with E-state index in [1.165, 1.54) is 18.2 Å². The van der Waals surface area contributed by atoms with Crippen molar-refractivity contribution in [3.05, 3.63) is 57.9 Å². The van der Waals surface area contributed by atoms with Gasteiger partial charge in [-0.05, 0) is 35.9 Å². The van der Waals surface area contributed by atoms with E-state index in [1.54, 1.807) is 0 Å². The predicted octanol–water partition coefficient (Wildman–Crippen LogP) is 2.03. The van der Waals surface area contributed by atoms with Crippen LogP contribution in [0.4, 0.5) is 21.5 Å². The normalized spacial score (nSPS) is 13.3. The molecular weight excluding hydrogens is 341 g/mol. The first-order valence-corrected chi connectivity index (χ1v) is 8.14. The molecule has 3 rings (SSSR count). The van der Waals surface area contributed by atoms with E-state index >= 15 is 0 Å². The fraction of sp³-hybridized carbons (Fsp3) is 0.0714. The van der Waals surface area contributed by atoms with Gasteiger partial charge in [-0.3, -0.25) is 19.6 Å². The molecule has 0 fully saturated rings. The molecule has 124 valence electrons. The standard InChI is InChI=1S/C14H10FN3O5S/c15-11-3-1-9(7-13(11)18(20)21)17-24(22,23)10-2-4-12-8(5-10)6-14(19)16-12/h1-5,7,17H,6H2,(H,16,19). The monoisotopic (exact) mass is 351 g/mol. The van der Waals surface area contributed by atoms with Crippen molar-refractivity contribution in [2.75, 3.05) is 10.0 Å². The van der Waals surface area contributed by atoms with Crippen molar-refractivity contribution in [1.82, 2.24) is 0 Å². The number of nitro benzene ring substituents is 1. The highest BCUT2D eigenvalue weighted by Crippen LogP contribution is 2.28. The Hall–Kier alpha value is -3.01. The Morgan fingerprint density at radius 3 is 2.67 bits per heavy atom. The van der Waals surface area contributed by atoms with Gasteiger partial charge in [0.1, 0.15) is 0 Å². The van der Waals surface area contributed by atoms with Crippen LogP contribution in [-0.4, -0.2) is 19.2 Å². The van der Waals surface area contributed by atoms with Crippen LogP contribution in [0.1, 0.15) is 5.56 Å². The molecule has 2 aromatic rings. The maximum absolute atomic E-state index is 13.3. The molecular formula is C14H10FN3O5S. The summed E-state index contributed by atoms with van der Waals surface area (Å²) in [4.78, 5) is 21.0. The van der Waals surface area contributed by atoms with Crippen LogP contribution in [0.25, 0.3) is 0 Å². The summed E-state index contributed by atoms with van der Waals surface area (Å²) in [5.41, 5.74) is 0.0982. The first kappa shape index (κ1) is 15.9. The minimum atomic E-state index is -4.04. The zero-order valence-corrected chi connectivity index (χ0v) is 12.8. The highest BCUT2D eigenvalue weighted by atomic mass is 32.2. The van der Waals surface area contributed by atoms with Gasteiger partial charge in [0.15, 0.2) is 0 Å². The average molecular weight is 351 g/mol. The first-order chi connectivity index (χ1) is 11.3. The van der Waals surface area contributed by atoms with Gasteiger partial charge >= 0.3 is 5.69 Å². The molecule has 0 bridgehead atoms. The van der Waals surface area contributed by atoms with Gasteiger partial charge in [-0.15, -0.1) is 0 Å². The third kappa shape index (κ3) is 2.91. The molecule has 0 aromatic heterocycles. The molecule has 0 unspecified atom stereocenters. The van der Waals surface area contributed by atoms with Gasteiger partial charge in [-0.2, -0.15) is 4.39 Å². The molecule has 2 aromatic carbocycles. The Balaban J connectivity index is 1.93. The summed E-state index contributed by atoms with van der Waals surface area (Å²) in [6.07, 6.45) is 0.0702. The maximum atomic E-state index is 13.3. The lowest BCUT2D eigenvalue weighted by molar-refractivity contribution is -0.387. The van der Waals surface area contributed by atoms with Crippen LogP contribution in [0.3, 0.4) is 0 Å². The summed E-state index contributed by atoms with van der Waals surface area (Å²) >= 11 is 0. The van der Waals surface area contributed by atoms with Crippen LogP contribution in [0.5, 0.6) is 0 Å². The number of sulfonamides is 1. The highest BCUT2D eigenvalue weighted by Gasteiger charge is 2.23. The number of nitrogens with zero attached hydrogens (tertiary/aromatic N) is 1. The molecule has 1 heterocycles. The van der Waals surface area contributed by atoms with Crippen molar-refractivity contribution < 1.29 is 22.5 Å². The number of amides is 1. The molecule has 1 aliphatic heterocycles. The first-order valence-electron chi connectivity index (χ1n) is 6.66. The number of fused-ring (bicyclic) bond motifs is 1. The molecule has 0 spiro atoms. The summed E-state index contributed by atoms with van der Waals surface area (Å²) in [6.45, 7) is 0. The average Bonchev–Trinajstić information content (AvgIpc) is 2.87. The van der Waals surface area contributed by atoms with Crippen molar-refractivity contribution in [3.8, 4) is 0 Å². The van der Waals surface area contributed by atoms with Gasteiger partial charge in [0.25, 0.3) is 10.0 Å². The van der Waals surface area contributed by atoms with Crippen LogP contribution in [-0.2, 0) is 21.2 Å². The molecule has 2 N–H and O–H groups in total. The Morgan fingerprint density at radius 2 is 1.96 bits per heavy atom. The number of carbonyl (C=O) groups is 1. The largest absolute Gasteiger partial charge is 0.326 e.